The van der Waals surface area contributed by atoms with Crippen molar-refractivity contribution in [2.75, 3.05) is 44.4 Å². The molecule has 0 spiro atoms. The average molecular weight is 590 g/mol. The summed E-state index contributed by atoms with van der Waals surface area (Å²) in [6.45, 7) is 8.46. The monoisotopic (exact) mass is 589 g/mol. The van der Waals surface area contributed by atoms with E-state index in [2.05, 4.69) is 4.99 Å². The van der Waals surface area contributed by atoms with E-state index in [9.17, 15) is 26.4 Å². The smallest absolute Gasteiger partial charge is 0.416 e. The molecule has 2 aliphatic rings. The van der Waals surface area contributed by atoms with Crippen LogP contribution < -0.4 is 9.54 Å². The molecule has 0 bridgehead atoms. The summed E-state index contributed by atoms with van der Waals surface area (Å²) in [4.78, 5) is 20.9. The Morgan fingerprint density at radius 3 is 2.54 bits per heavy atom. The minimum Gasteiger partial charge on any atom is -0.491 e. The molecule has 1 amide bonds. The number of carbonyl (C=O) groups excluding carboxylic acids is 1. The maximum atomic E-state index is 13.5. The number of nitrogens with zero attached hydrogens (tertiary/aromatic N) is 3. The first-order chi connectivity index (χ1) is 18.2. The summed E-state index contributed by atoms with van der Waals surface area (Å²) in [6, 6.07) is 2.79. The van der Waals surface area contributed by atoms with Crippen molar-refractivity contribution in [1.82, 2.24) is 9.47 Å². The number of rotatable bonds is 7. The number of sulfone groups is 1. The molecule has 8 nitrogen and oxygen atoms in total. The molecule has 0 saturated carbocycles. The topological polar surface area (TPSA) is 90.2 Å². The van der Waals surface area contributed by atoms with E-state index in [1.165, 1.54) is 11.3 Å². The Morgan fingerprint density at radius 1 is 1.21 bits per heavy atom. The molecule has 2 fully saturated rings. The Morgan fingerprint density at radius 2 is 1.92 bits per heavy atom. The number of hydrogen-bond donors (Lipinski definition) is 0. The standard InChI is InChI=1S/C26H34F3N3O5S2/c1-25(2,3)22-17-32(16-19-5-4-11-36-19)24(38-22)30-23(33)20-15-18(26(27,28)29)6-7-21(20)37-12-8-31-9-13-39(34,35)14-10-31/h6-7,15,17,19H,4-5,8-14,16H2,1-3H3/t19-/m1/s1. The number of thiazole rings is 1. The molecule has 0 unspecified atom stereocenters. The number of alkyl halides is 3. The first kappa shape index (κ1) is 29.8. The lowest BCUT2D eigenvalue weighted by Gasteiger charge is -2.26. The van der Waals surface area contributed by atoms with E-state index in [4.69, 9.17) is 9.47 Å². The second kappa shape index (κ2) is 11.7. The predicted octanol–water partition coefficient (Wildman–Crippen LogP) is 3.90. The van der Waals surface area contributed by atoms with Gasteiger partial charge < -0.3 is 14.0 Å². The van der Waals surface area contributed by atoms with Crippen molar-refractivity contribution >= 4 is 27.1 Å². The van der Waals surface area contributed by atoms with Gasteiger partial charge in [0.05, 0.1) is 35.3 Å². The highest BCUT2D eigenvalue weighted by Gasteiger charge is 2.32. The molecule has 1 aromatic carbocycles. The van der Waals surface area contributed by atoms with Gasteiger partial charge in [0, 0.05) is 37.3 Å². The van der Waals surface area contributed by atoms with Crippen LogP contribution in [0.5, 0.6) is 5.75 Å². The van der Waals surface area contributed by atoms with Crippen molar-refractivity contribution < 1.29 is 35.9 Å². The van der Waals surface area contributed by atoms with Crippen LogP contribution >= 0.6 is 11.3 Å². The fourth-order valence-electron chi connectivity index (χ4n) is 4.36. The molecule has 4 rings (SSSR count). The second-order valence-corrected chi connectivity index (χ2v) is 14.2. The maximum Gasteiger partial charge on any atom is 0.416 e. The van der Waals surface area contributed by atoms with Crippen molar-refractivity contribution in [3.05, 3.63) is 45.2 Å². The Labute approximate surface area is 230 Å². The van der Waals surface area contributed by atoms with Crippen molar-refractivity contribution in [2.45, 2.75) is 57.9 Å². The molecule has 0 N–H and O–H groups in total. The highest BCUT2D eigenvalue weighted by atomic mass is 32.2. The lowest BCUT2D eigenvalue weighted by atomic mass is 9.95. The molecule has 216 valence electrons. The summed E-state index contributed by atoms with van der Waals surface area (Å²) in [5, 5.41) is 0. The summed E-state index contributed by atoms with van der Waals surface area (Å²) in [7, 11) is -3.03. The van der Waals surface area contributed by atoms with E-state index < -0.39 is 27.5 Å². The van der Waals surface area contributed by atoms with E-state index >= 15 is 0 Å². The third kappa shape index (κ3) is 7.92. The first-order valence-corrected chi connectivity index (χ1v) is 15.5. The van der Waals surface area contributed by atoms with Gasteiger partial charge in [-0.15, -0.1) is 11.3 Å². The molecule has 3 heterocycles. The number of benzene rings is 1. The zero-order valence-corrected chi connectivity index (χ0v) is 23.9. The minimum absolute atomic E-state index is 0.000316. The molecular weight excluding hydrogens is 555 g/mol. The summed E-state index contributed by atoms with van der Waals surface area (Å²) < 4.78 is 77.2. The van der Waals surface area contributed by atoms with E-state index in [-0.39, 0.29) is 40.9 Å². The Bertz CT molecular complexity index is 1340. The van der Waals surface area contributed by atoms with Crippen molar-refractivity contribution in [2.24, 2.45) is 4.99 Å². The van der Waals surface area contributed by atoms with E-state index in [1.54, 1.807) is 0 Å². The third-order valence-electron chi connectivity index (χ3n) is 6.72. The molecule has 2 aromatic rings. The van der Waals surface area contributed by atoms with Gasteiger partial charge in [-0.1, -0.05) is 20.8 Å². The average Bonchev–Trinajstić information content (AvgIpc) is 3.50. The molecule has 2 aliphatic heterocycles. The molecular formula is C26H34F3N3O5S2. The summed E-state index contributed by atoms with van der Waals surface area (Å²) in [5.41, 5.74) is -1.46. The lowest BCUT2D eigenvalue weighted by Crippen LogP contribution is -2.42. The lowest BCUT2D eigenvalue weighted by molar-refractivity contribution is -0.137. The quantitative estimate of drug-likeness (QED) is 0.487. The number of ether oxygens (including phenoxy) is 2. The zero-order valence-electron chi connectivity index (χ0n) is 22.3. The number of hydrogen-bond acceptors (Lipinski definition) is 7. The fraction of sp³-hybridized carbons (Fsp3) is 0.615. The summed E-state index contributed by atoms with van der Waals surface area (Å²) >= 11 is 1.33. The van der Waals surface area contributed by atoms with E-state index in [1.807, 2.05) is 36.4 Å². The highest BCUT2D eigenvalue weighted by molar-refractivity contribution is 7.91. The van der Waals surface area contributed by atoms with Crippen LogP contribution in [0.2, 0.25) is 0 Å². The number of halogens is 3. The van der Waals surface area contributed by atoms with Crippen LogP contribution in [0.3, 0.4) is 0 Å². The number of aromatic nitrogens is 1. The van der Waals surface area contributed by atoms with Gasteiger partial charge in [-0.05, 0) is 36.5 Å². The molecule has 39 heavy (non-hydrogen) atoms. The third-order valence-corrected chi connectivity index (χ3v) is 9.78. The van der Waals surface area contributed by atoms with Crippen molar-refractivity contribution in [3.8, 4) is 5.75 Å². The highest BCUT2D eigenvalue weighted by Crippen LogP contribution is 2.33. The Kier molecular flexibility index (Phi) is 8.94. The zero-order chi connectivity index (χ0) is 28.4. The SMILES string of the molecule is CC(C)(C)c1cn(C[C@H]2CCCO2)c(=NC(=O)c2cc(C(F)(F)F)ccc2OCCN2CCS(=O)(=O)CC2)s1. The van der Waals surface area contributed by atoms with Crippen LogP contribution in [0.15, 0.2) is 29.4 Å². The van der Waals surface area contributed by atoms with Crippen LogP contribution in [0.1, 0.15) is 54.4 Å². The largest absolute Gasteiger partial charge is 0.491 e. The van der Waals surface area contributed by atoms with Crippen LogP contribution in [-0.2, 0) is 32.7 Å². The normalized spacial score (nSPS) is 20.9. The van der Waals surface area contributed by atoms with Gasteiger partial charge in [-0.25, -0.2) is 8.42 Å². The minimum atomic E-state index is -4.64. The Hall–Kier alpha value is -2.22. The van der Waals surface area contributed by atoms with Crippen LogP contribution in [-0.4, -0.2) is 74.2 Å². The van der Waals surface area contributed by atoms with Crippen LogP contribution in [0.4, 0.5) is 13.2 Å². The van der Waals surface area contributed by atoms with Gasteiger partial charge in [-0.3, -0.25) is 9.69 Å². The van der Waals surface area contributed by atoms with E-state index in [0.717, 1.165) is 35.9 Å². The van der Waals surface area contributed by atoms with Gasteiger partial charge in [0.15, 0.2) is 14.6 Å². The molecule has 13 heteroatoms. The van der Waals surface area contributed by atoms with Crippen molar-refractivity contribution in [3.63, 3.8) is 0 Å². The van der Waals surface area contributed by atoms with Gasteiger partial charge >= 0.3 is 6.18 Å². The van der Waals surface area contributed by atoms with Crippen LogP contribution in [0.25, 0.3) is 0 Å². The van der Waals surface area contributed by atoms with Gasteiger partial charge in [-0.2, -0.15) is 18.2 Å². The molecule has 2 saturated heterocycles. The molecule has 0 radical (unpaired) electrons. The van der Waals surface area contributed by atoms with Gasteiger partial charge in [0.25, 0.3) is 5.91 Å². The number of amides is 1. The number of carbonyl (C=O) groups is 1. The first-order valence-electron chi connectivity index (χ1n) is 12.9. The molecule has 0 aliphatic carbocycles. The second-order valence-electron chi connectivity index (χ2n) is 10.9. The van der Waals surface area contributed by atoms with Crippen LogP contribution in [0, 0.1) is 0 Å². The maximum absolute atomic E-state index is 13.5. The molecule has 1 atom stereocenters. The Balaban J connectivity index is 1.61. The fourth-order valence-corrected chi connectivity index (χ4v) is 6.69. The van der Waals surface area contributed by atoms with E-state index in [0.29, 0.717) is 37.6 Å². The summed E-state index contributed by atoms with van der Waals surface area (Å²) in [6.07, 6.45) is -0.894. The predicted molar refractivity (Wildman–Crippen MR) is 142 cm³/mol. The van der Waals surface area contributed by atoms with Gasteiger partial charge in [0.2, 0.25) is 0 Å². The van der Waals surface area contributed by atoms with Gasteiger partial charge in [0.1, 0.15) is 12.4 Å². The van der Waals surface area contributed by atoms with Crippen molar-refractivity contribution in [1.29, 1.82) is 0 Å². The molecule has 1 aromatic heterocycles. The summed E-state index contributed by atoms with van der Waals surface area (Å²) in [5.74, 6) is -0.721.